The standard InChI is InChI=1S/B3FH5P/c1-5-3-2-4/h2-3,5H,1H2/i5D. The zero-order valence-corrected chi connectivity index (χ0v) is 4.13. The molecule has 0 bridgehead atoms. The topological polar surface area (TPSA) is 0 Å². The minimum atomic E-state index is -0.726. The molecule has 0 aromatic heterocycles. The molecule has 0 saturated heterocycles. The fraction of sp³-hybridized carbons (Fsp3) is 0. The lowest BCUT2D eigenvalue weighted by molar-refractivity contribution is 0.893. The van der Waals surface area contributed by atoms with E-state index >= 15 is 0 Å². The Kier molecular flexibility index (Phi) is 3.40. The van der Waals surface area contributed by atoms with E-state index in [1.54, 1.807) is 7.57 Å². The molecule has 0 nitrogen and oxygen atoms in total. The summed E-state index contributed by atoms with van der Waals surface area (Å²) >= 11 is 0. The Balaban J connectivity index is 2.63. The highest BCUT2D eigenvalue weighted by atomic mass is 31.1. The van der Waals surface area contributed by atoms with Gasteiger partial charge in [0.15, 0.2) is 0 Å². The second-order valence-electron chi connectivity index (χ2n) is 0.729. The maximum Gasteiger partial charge on any atom is 0.294 e. The van der Waals surface area contributed by atoms with Crippen molar-refractivity contribution in [2.45, 2.75) is 0 Å². The molecule has 26 valence electrons. The van der Waals surface area contributed by atoms with Crippen molar-refractivity contribution in [1.29, 1.82) is 1.28 Å². The Morgan fingerprint density at radius 2 is 2.80 bits per heavy atom. The van der Waals surface area contributed by atoms with Crippen LogP contribution >= 0.6 is 8.28 Å². The number of hydrogen-bond donors (Lipinski definition) is 0. The third kappa shape index (κ3) is 4.55. The molecule has 0 aromatic rings. The van der Waals surface area contributed by atoms with Gasteiger partial charge in [0, 0.05) is 1.28 Å². The van der Waals surface area contributed by atoms with Crippen LogP contribution in [-0.2, 0) is 0 Å². The Morgan fingerprint density at radius 3 is 2.80 bits per heavy atom. The molecule has 0 N–H and O–H groups in total. The Hall–Kier alpha value is 0.555. The van der Waals surface area contributed by atoms with Crippen molar-refractivity contribution in [2.75, 3.05) is 0 Å². The first-order valence-corrected chi connectivity index (χ1v) is 3.06. The Labute approximate surface area is 36.8 Å². The van der Waals surface area contributed by atoms with Crippen molar-refractivity contribution in [1.82, 2.24) is 0 Å². The van der Waals surface area contributed by atoms with Gasteiger partial charge in [0.05, 0.1) is 0 Å². The molecular formula is H5B3FP. The molecule has 0 aromatic carbocycles. The Bertz CT molecular complexity index is 32.0. The summed E-state index contributed by atoms with van der Waals surface area (Å²) in [6.07, 6.45) is 0. The van der Waals surface area contributed by atoms with E-state index in [2.05, 4.69) is 0 Å². The van der Waals surface area contributed by atoms with Crippen LogP contribution in [0.1, 0.15) is 0 Å². The summed E-state index contributed by atoms with van der Waals surface area (Å²) < 4.78 is 17.9. The molecule has 0 fully saturated rings. The van der Waals surface area contributed by atoms with Gasteiger partial charge in [-0.05, 0) is 0 Å². The van der Waals surface area contributed by atoms with E-state index < -0.39 is 8.28 Å². The smallest absolute Gasteiger partial charge is 0.294 e. The van der Waals surface area contributed by atoms with Gasteiger partial charge in [0.1, 0.15) is 14.5 Å². The van der Waals surface area contributed by atoms with E-state index in [0.29, 0.717) is 6.89 Å². The lowest BCUT2D eigenvalue weighted by Crippen LogP contribution is -1.85. The molecule has 5 heavy (non-hydrogen) atoms. The molecule has 0 radical (unpaired) electrons. The summed E-state index contributed by atoms with van der Waals surface area (Å²) in [5.74, 6) is 0. The molecular weight excluding hydrogens is 82.4 g/mol. The largest absolute Gasteiger partial charge is 0.352 e. The summed E-state index contributed by atoms with van der Waals surface area (Å²) in [5, 5.41) is 0. The van der Waals surface area contributed by atoms with E-state index in [4.69, 9.17) is 1.28 Å². The molecule has 0 amide bonds. The first-order valence-electron chi connectivity index (χ1n) is 1.98. The minimum absolute atomic E-state index is 0.328. The van der Waals surface area contributed by atoms with E-state index in [1.165, 1.54) is 0 Å². The fourth-order valence-corrected chi connectivity index (χ4v) is 0.254. The highest BCUT2D eigenvalue weighted by Crippen LogP contribution is 1.90. The monoisotopic (exact) mass is 89.0 g/mol. The summed E-state index contributed by atoms with van der Waals surface area (Å²) in [5.41, 5.74) is 0. The van der Waals surface area contributed by atoms with Crippen molar-refractivity contribution < 1.29 is 4.32 Å². The van der Waals surface area contributed by atoms with E-state index in [9.17, 15) is 4.32 Å². The van der Waals surface area contributed by atoms with Crippen LogP contribution in [0.2, 0.25) is 0 Å². The first-order chi connectivity index (χ1) is 2.77. The van der Waals surface area contributed by atoms with Crippen LogP contribution in [0.15, 0.2) is 0 Å². The number of rotatable bonds is 2. The maximum absolute atomic E-state index is 11.1. The van der Waals surface area contributed by atoms with Gasteiger partial charge in [-0.15, -0.1) is 0 Å². The summed E-state index contributed by atoms with van der Waals surface area (Å²) in [7, 11) is 0.692. The van der Waals surface area contributed by atoms with Gasteiger partial charge in [-0.1, -0.05) is 0 Å². The SMILES string of the molecule is [2H]P(B)BBF. The molecule has 0 heterocycles. The van der Waals surface area contributed by atoms with E-state index in [1.807, 2.05) is 0 Å². The minimum Gasteiger partial charge on any atom is -0.352 e. The van der Waals surface area contributed by atoms with Crippen molar-refractivity contribution >= 4 is 30.2 Å². The molecule has 0 aliphatic rings. The van der Waals surface area contributed by atoms with Crippen LogP contribution in [0.5, 0.6) is 0 Å². The van der Waals surface area contributed by atoms with Gasteiger partial charge >= 0.3 is 0 Å². The third-order valence-electron chi connectivity index (χ3n) is 0.308. The summed E-state index contributed by atoms with van der Waals surface area (Å²) in [4.78, 5) is 0. The molecule has 0 aliphatic heterocycles. The molecule has 1 atom stereocenters. The average molecular weight is 88.5 g/mol. The van der Waals surface area contributed by atoms with Gasteiger partial charge in [0.2, 0.25) is 0 Å². The van der Waals surface area contributed by atoms with E-state index in [0.717, 1.165) is 0 Å². The van der Waals surface area contributed by atoms with Gasteiger partial charge in [-0.3, -0.25) is 0 Å². The van der Waals surface area contributed by atoms with Crippen LogP contribution in [0.25, 0.3) is 0 Å². The van der Waals surface area contributed by atoms with Crippen LogP contribution in [0.4, 0.5) is 4.32 Å². The van der Waals surface area contributed by atoms with Crippen molar-refractivity contribution in [3.8, 4) is 0 Å². The van der Waals surface area contributed by atoms with Crippen molar-refractivity contribution in [2.24, 2.45) is 0 Å². The predicted octanol–water partition coefficient (Wildman–Crippen LogP) is -1.20. The molecule has 1 unspecified atom stereocenters. The van der Waals surface area contributed by atoms with Gasteiger partial charge in [-0.25, -0.2) is 8.28 Å². The quantitative estimate of drug-likeness (QED) is 0.294. The lowest BCUT2D eigenvalue weighted by atomic mass is 9.73. The van der Waals surface area contributed by atoms with Crippen LogP contribution < -0.4 is 0 Å². The predicted molar refractivity (Wildman–Crippen MR) is 32.3 cm³/mol. The van der Waals surface area contributed by atoms with Crippen molar-refractivity contribution in [3.05, 3.63) is 0 Å². The van der Waals surface area contributed by atoms with Gasteiger partial charge in [0.25, 0.3) is 7.45 Å². The molecule has 5 heteroatoms. The van der Waals surface area contributed by atoms with Crippen molar-refractivity contribution in [3.63, 3.8) is 0 Å². The highest BCUT2D eigenvalue weighted by molar-refractivity contribution is 7.96. The second-order valence-corrected chi connectivity index (χ2v) is 1.81. The second kappa shape index (κ2) is 4.55. The molecule has 0 aliphatic carbocycles. The van der Waals surface area contributed by atoms with Crippen LogP contribution in [0.3, 0.4) is 0 Å². The zero-order chi connectivity index (χ0) is 4.99. The normalized spacial score (nSPS) is 15.8. The molecule has 0 saturated carbocycles. The number of hydrogen-bond acceptors (Lipinski definition) is 0. The zero-order valence-electron chi connectivity index (χ0n) is 4.24. The fourth-order valence-electron chi connectivity index (χ4n) is 0.0845. The molecule has 0 spiro atoms. The van der Waals surface area contributed by atoms with Gasteiger partial charge < -0.3 is 4.32 Å². The Morgan fingerprint density at radius 1 is 2.20 bits per heavy atom. The maximum atomic E-state index is 11.1. The first kappa shape index (κ1) is 3.73. The molecule has 0 rings (SSSR count). The third-order valence-corrected chi connectivity index (χ3v) is 0.924. The van der Waals surface area contributed by atoms with Gasteiger partial charge in [-0.2, -0.15) is 0 Å². The summed E-state index contributed by atoms with van der Waals surface area (Å²) in [6.45, 7) is 0.440. The van der Waals surface area contributed by atoms with Crippen LogP contribution in [0, 0.1) is 0 Å². The van der Waals surface area contributed by atoms with Crippen LogP contribution in [-0.4, -0.2) is 23.2 Å². The van der Waals surface area contributed by atoms with E-state index in [-0.39, 0.29) is 7.45 Å². The highest BCUT2D eigenvalue weighted by Gasteiger charge is 1.81. The summed E-state index contributed by atoms with van der Waals surface area (Å²) in [6, 6.07) is 0. The average Bonchev–Trinajstić information content (AvgIpc) is 1.35. The number of halogens is 1. The lowest BCUT2D eigenvalue weighted by Gasteiger charge is -1.70.